The maximum Gasteiger partial charge on any atom is 0.253 e. The number of amides is 2. The molecule has 2 N–H and O–H groups in total. The van der Waals surface area contributed by atoms with Crippen LogP contribution in [0.2, 0.25) is 0 Å². The number of hydrogen-bond donors (Lipinski definition) is 2. The molecule has 5 nitrogen and oxygen atoms in total. The van der Waals surface area contributed by atoms with Crippen LogP contribution in [-0.2, 0) is 4.79 Å². The van der Waals surface area contributed by atoms with Crippen molar-refractivity contribution in [2.45, 2.75) is 6.92 Å². The largest absolute Gasteiger partial charge is 0.396 e. The number of likely N-dealkylation sites (tertiary alicyclic amines) is 1. The molecule has 1 heterocycles. The minimum atomic E-state index is -0.163. The highest BCUT2D eigenvalue weighted by Gasteiger charge is 2.30. The van der Waals surface area contributed by atoms with Crippen LogP contribution < -0.4 is 5.32 Å². The van der Waals surface area contributed by atoms with E-state index in [1.165, 1.54) is 6.92 Å². The first kappa shape index (κ1) is 12.6. The molecule has 0 saturated carbocycles. The van der Waals surface area contributed by atoms with Gasteiger partial charge in [-0.15, -0.1) is 0 Å². The molecule has 2 amide bonds. The van der Waals surface area contributed by atoms with Crippen molar-refractivity contribution in [3.63, 3.8) is 0 Å². The van der Waals surface area contributed by atoms with E-state index < -0.39 is 0 Å². The van der Waals surface area contributed by atoms with Crippen LogP contribution in [0.5, 0.6) is 0 Å². The molecule has 0 bridgehead atoms. The molecule has 1 saturated heterocycles. The van der Waals surface area contributed by atoms with E-state index in [4.69, 9.17) is 5.11 Å². The van der Waals surface area contributed by atoms with Crippen molar-refractivity contribution in [1.82, 2.24) is 4.90 Å². The Morgan fingerprint density at radius 2 is 2.17 bits per heavy atom. The Labute approximate surface area is 105 Å². The van der Waals surface area contributed by atoms with Crippen molar-refractivity contribution in [3.05, 3.63) is 29.8 Å². The number of aliphatic hydroxyl groups excluding tert-OH is 1. The molecule has 96 valence electrons. The van der Waals surface area contributed by atoms with E-state index in [1.807, 2.05) is 0 Å². The number of rotatable bonds is 3. The van der Waals surface area contributed by atoms with Gasteiger partial charge in [-0.05, 0) is 18.2 Å². The Kier molecular flexibility index (Phi) is 3.62. The summed E-state index contributed by atoms with van der Waals surface area (Å²) < 4.78 is 0. The van der Waals surface area contributed by atoms with E-state index in [0.29, 0.717) is 24.3 Å². The Hall–Kier alpha value is -1.88. The molecule has 1 aliphatic rings. The van der Waals surface area contributed by atoms with Crippen LogP contribution in [0.1, 0.15) is 17.3 Å². The van der Waals surface area contributed by atoms with E-state index in [0.717, 1.165) is 0 Å². The van der Waals surface area contributed by atoms with Crippen molar-refractivity contribution in [2.75, 3.05) is 25.0 Å². The van der Waals surface area contributed by atoms with Crippen molar-refractivity contribution in [2.24, 2.45) is 5.92 Å². The third-order valence-corrected chi connectivity index (χ3v) is 2.93. The summed E-state index contributed by atoms with van der Waals surface area (Å²) in [5.41, 5.74) is 1.17. The number of carbonyl (C=O) groups excluding carboxylic acids is 2. The SMILES string of the molecule is CC(=O)Nc1cccc(C(=O)N2CC(CO)C2)c1. The molecule has 0 aromatic heterocycles. The van der Waals surface area contributed by atoms with E-state index in [2.05, 4.69) is 5.32 Å². The van der Waals surface area contributed by atoms with Crippen molar-refractivity contribution >= 4 is 17.5 Å². The number of benzene rings is 1. The minimum Gasteiger partial charge on any atom is -0.396 e. The zero-order valence-electron chi connectivity index (χ0n) is 10.2. The predicted octanol–water partition coefficient (Wildman–Crippen LogP) is 0.709. The third kappa shape index (κ3) is 2.68. The molecule has 0 aliphatic carbocycles. The van der Waals surface area contributed by atoms with Crippen LogP contribution in [-0.4, -0.2) is 41.5 Å². The van der Waals surface area contributed by atoms with E-state index in [9.17, 15) is 9.59 Å². The summed E-state index contributed by atoms with van der Waals surface area (Å²) in [7, 11) is 0. The van der Waals surface area contributed by atoms with Gasteiger partial charge in [-0.1, -0.05) is 6.07 Å². The number of anilines is 1. The molecule has 2 rings (SSSR count). The van der Waals surface area contributed by atoms with Gasteiger partial charge >= 0.3 is 0 Å². The summed E-state index contributed by atoms with van der Waals surface area (Å²) in [6, 6.07) is 6.86. The zero-order chi connectivity index (χ0) is 13.1. The van der Waals surface area contributed by atoms with Gasteiger partial charge in [0.05, 0.1) is 0 Å². The quantitative estimate of drug-likeness (QED) is 0.827. The molecule has 18 heavy (non-hydrogen) atoms. The van der Waals surface area contributed by atoms with Crippen LogP contribution in [0.15, 0.2) is 24.3 Å². The van der Waals surface area contributed by atoms with E-state index in [-0.39, 0.29) is 24.3 Å². The molecular formula is C13H16N2O3. The van der Waals surface area contributed by atoms with Crippen molar-refractivity contribution < 1.29 is 14.7 Å². The highest BCUT2D eigenvalue weighted by Crippen LogP contribution is 2.19. The zero-order valence-corrected chi connectivity index (χ0v) is 10.2. The topological polar surface area (TPSA) is 69.6 Å². The summed E-state index contributed by atoms with van der Waals surface area (Å²) in [6.07, 6.45) is 0. The van der Waals surface area contributed by atoms with Gasteiger partial charge in [0.25, 0.3) is 5.91 Å². The summed E-state index contributed by atoms with van der Waals surface area (Å²) >= 11 is 0. The lowest BCUT2D eigenvalue weighted by Gasteiger charge is -2.38. The van der Waals surface area contributed by atoms with E-state index >= 15 is 0 Å². The molecule has 1 aromatic rings. The molecule has 5 heteroatoms. The van der Waals surface area contributed by atoms with Gasteiger partial charge in [-0.2, -0.15) is 0 Å². The number of aliphatic hydroxyl groups is 1. The highest BCUT2D eigenvalue weighted by atomic mass is 16.3. The number of nitrogens with zero attached hydrogens (tertiary/aromatic N) is 1. The van der Waals surface area contributed by atoms with Crippen molar-refractivity contribution in [1.29, 1.82) is 0 Å². The average molecular weight is 248 g/mol. The van der Waals surface area contributed by atoms with E-state index in [1.54, 1.807) is 29.2 Å². The second-order valence-electron chi connectivity index (χ2n) is 4.52. The molecular weight excluding hydrogens is 232 g/mol. The Balaban J connectivity index is 2.04. The first-order valence-corrected chi connectivity index (χ1v) is 5.88. The van der Waals surface area contributed by atoms with Gasteiger partial charge in [-0.25, -0.2) is 0 Å². The standard InChI is InChI=1S/C13H16N2O3/c1-9(17)14-12-4-2-3-11(5-12)13(18)15-6-10(7-15)8-16/h2-5,10,16H,6-8H2,1H3,(H,14,17). The Morgan fingerprint density at radius 1 is 1.44 bits per heavy atom. The maximum atomic E-state index is 12.1. The van der Waals surface area contributed by atoms with Gasteiger partial charge in [0.15, 0.2) is 0 Å². The van der Waals surface area contributed by atoms with Crippen LogP contribution >= 0.6 is 0 Å². The van der Waals surface area contributed by atoms with Crippen LogP contribution in [0.25, 0.3) is 0 Å². The molecule has 0 atom stereocenters. The third-order valence-electron chi connectivity index (χ3n) is 2.93. The summed E-state index contributed by atoms with van der Waals surface area (Å²) in [5, 5.41) is 11.6. The fraction of sp³-hybridized carbons (Fsp3) is 0.385. The fourth-order valence-corrected chi connectivity index (χ4v) is 1.97. The smallest absolute Gasteiger partial charge is 0.253 e. The van der Waals surface area contributed by atoms with Gasteiger partial charge in [0.1, 0.15) is 0 Å². The molecule has 0 spiro atoms. The van der Waals surface area contributed by atoms with Gasteiger partial charge in [-0.3, -0.25) is 9.59 Å². The molecule has 1 aliphatic heterocycles. The lowest BCUT2D eigenvalue weighted by molar-refractivity contribution is -0.114. The highest BCUT2D eigenvalue weighted by molar-refractivity contribution is 5.97. The first-order chi connectivity index (χ1) is 8.60. The minimum absolute atomic E-state index is 0.0631. The molecule has 1 aromatic carbocycles. The van der Waals surface area contributed by atoms with Gasteiger partial charge < -0.3 is 15.3 Å². The first-order valence-electron chi connectivity index (χ1n) is 5.88. The number of nitrogens with one attached hydrogen (secondary N) is 1. The normalized spacial score (nSPS) is 15.1. The Morgan fingerprint density at radius 3 is 2.78 bits per heavy atom. The maximum absolute atomic E-state index is 12.1. The molecule has 1 fully saturated rings. The molecule has 0 unspecified atom stereocenters. The fourth-order valence-electron chi connectivity index (χ4n) is 1.97. The second-order valence-corrected chi connectivity index (χ2v) is 4.52. The van der Waals surface area contributed by atoms with Gasteiger partial charge in [0, 0.05) is 43.8 Å². The lowest BCUT2D eigenvalue weighted by atomic mass is 10.00. The monoisotopic (exact) mass is 248 g/mol. The summed E-state index contributed by atoms with van der Waals surface area (Å²) in [6.45, 7) is 2.74. The second kappa shape index (κ2) is 5.18. The number of carbonyl (C=O) groups is 2. The van der Waals surface area contributed by atoms with Crippen LogP contribution in [0.4, 0.5) is 5.69 Å². The summed E-state index contributed by atoms with van der Waals surface area (Å²) in [4.78, 5) is 24.7. The van der Waals surface area contributed by atoms with Crippen LogP contribution in [0, 0.1) is 5.92 Å². The van der Waals surface area contributed by atoms with Gasteiger partial charge in [0.2, 0.25) is 5.91 Å². The molecule has 0 radical (unpaired) electrons. The average Bonchev–Trinajstić information content (AvgIpc) is 2.27. The lowest BCUT2D eigenvalue weighted by Crippen LogP contribution is -2.51. The van der Waals surface area contributed by atoms with Crippen molar-refractivity contribution in [3.8, 4) is 0 Å². The predicted molar refractivity (Wildman–Crippen MR) is 67.2 cm³/mol. The number of hydrogen-bond acceptors (Lipinski definition) is 3. The van der Waals surface area contributed by atoms with Crippen LogP contribution in [0.3, 0.4) is 0 Å². The summed E-state index contributed by atoms with van der Waals surface area (Å²) in [5.74, 6) is -0.0247. The Bertz CT molecular complexity index is 467.